The summed E-state index contributed by atoms with van der Waals surface area (Å²) in [5.74, 6) is 0.990. The first kappa shape index (κ1) is 16.4. The van der Waals surface area contributed by atoms with E-state index in [0.29, 0.717) is 31.6 Å². The van der Waals surface area contributed by atoms with E-state index in [9.17, 15) is 4.79 Å². The van der Waals surface area contributed by atoms with Crippen LogP contribution in [0.2, 0.25) is 0 Å². The Hall–Kier alpha value is -3.03. The Labute approximate surface area is 151 Å². The summed E-state index contributed by atoms with van der Waals surface area (Å²) in [7, 11) is 0. The molecule has 0 radical (unpaired) electrons. The van der Waals surface area contributed by atoms with Crippen molar-refractivity contribution in [2.24, 2.45) is 0 Å². The van der Waals surface area contributed by atoms with Crippen molar-refractivity contribution in [3.63, 3.8) is 0 Å². The highest BCUT2D eigenvalue weighted by molar-refractivity contribution is 5.83. The third kappa shape index (κ3) is 3.10. The highest BCUT2D eigenvalue weighted by Gasteiger charge is 2.23. The minimum Gasteiger partial charge on any atom is -0.351 e. The van der Waals surface area contributed by atoms with Gasteiger partial charge in [-0.2, -0.15) is 0 Å². The second-order valence-corrected chi connectivity index (χ2v) is 6.32. The van der Waals surface area contributed by atoms with Gasteiger partial charge in [0.25, 0.3) is 0 Å². The zero-order valence-electron chi connectivity index (χ0n) is 14.7. The Morgan fingerprint density at radius 1 is 1.08 bits per heavy atom. The van der Waals surface area contributed by atoms with Gasteiger partial charge in [-0.15, -0.1) is 5.10 Å². The van der Waals surface area contributed by atoms with E-state index in [1.165, 1.54) is 0 Å². The molecule has 0 unspecified atom stereocenters. The number of amides is 1. The monoisotopic (exact) mass is 351 g/mol. The lowest BCUT2D eigenvalue weighted by Crippen LogP contribution is -2.49. The Bertz CT molecular complexity index is 900. The highest BCUT2D eigenvalue weighted by atomic mass is 16.2. The predicted molar refractivity (Wildman–Crippen MR) is 97.7 cm³/mol. The molecule has 8 nitrogen and oxygen atoms in total. The SMILES string of the molecule is CCC(=O)N1CCN(c2ncnc3c2nnn3Cc2ccccc2)CC1. The molecule has 1 aliphatic rings. The third-order valence-electron chi connectivity index (χ3n) is 4.69. The molecule has 0 bridgehead atoms. The van der Waals surface area contributed by atoms with Gasteiger partial charge in [-0.05, 0) is 5.56 Å². The van der Waals surface area contributed by atoms with E-state index in [4.69, 9.17) is 0 Å². The van der Waals surface area contributed by atoms with Crippen LogP contribution in [0.5, 0.6) is 0 Å². The number of hydrogen-bond donors (Lipinski definition) is 0. The molecule has 3 heterocycles. The number of carbonyl (C=O) groups excluding carboxylic acids is 1. The van der Waals surface area contributed by atoms with E-state index >= 15 is 0 Å². The number of piperazine rings is 1. The molecular weight excluding hydrogens is 330 g/mol. The zero-order chi connectivity index (χ0) is 17.9. The van der Waals surface area contributed by atoms with Crippen molar-refractivity contribution in [1.29, 1.82) is 0 Å². The average Bonchev–Trinajstić information content (AvgIpc) is 3.11. The minimum absolute atomic E-state index is 0.200. The summed E-state index contributed by atoms with van der Waals surface area (Å²) < 4.78 is 1.80. The summed E-state index contributed by atoms with van der Waals surface area (Å²) >= 11 is 0. The number of rotatable bonds is 4. The van der Waals surface area contributed by atoms with Gasteiger partial charge in [-0.3, -0.25) is 4.79 Å². The number of aromatic nitrogens is 5. The number of carbonyl (C=O) groups is 1. The molecule has 1 aliphatic heterocycles. The van der Waals surface area contributed by atoms with Crippen LogP contribution >= 0.6 is 0 Å². The summed E-state index contributed by atoms with van der Waals surface area (Å²) in [4.78, 5) is 24.7. The smallest absolute Gasteiger partial charge is 0.222 e. The molecule has 0 spiro atoms. The first-order valence-corrected chi connectivity index (χ1v) is 8.87. The Balaban J connectivity index is 1.57. The van der Waals surface area contributed by atoms with Gasteiger partial charge in [0.1, 0.15) is 6.33 Å². The maximum atomic E-state index is 11.9. The fourth-order valence-electron chi connectivity index (χ4n) is 3.27. The molecule has 0 aliphatic carbocycles. The van der Waals surface area contributed by atoms with Gasteiger partial charge in [0.15, 0.2) is 17.0 Å². The summed E-state index contributed by atoms with van der Waals surface area (Å²) in [6.45, 7) is 5.40. The van der Waals surface area contributed by atoms with Crippen molar-refractivity contribution in [3.8, 4) is 0 Å². The first-order chi connectivity index (χ1) is 12.8. The van der Waals surface area contributed by atoms with Crippen LogP contribution in [-0.2, 0) is 11.3 Å². The summed E-state index contributed by atoms with van der Waals surface area (Å²) in [6, 6.07) is 10.1. The van der Waals surface area contributed by atoms with Crippen LogP contribution in [0.15, 0.2) is 36.7 Å². The summed E-state index contributed by atoms with van der Waals surface area (Å²) in [6.07, 6.45) is 2.11. The van der Waals surface area contributed by atoms with Crippen molar-refractivity contribution in [3.05, 3.63) is 42.2 Å². The molecule has 1 amide bonds. The Kier molecular flexibility index (Phi) is 4.47. The van der Waals surface area contributed by atoms with Crippen LogP contribution in [0.3, 0.4) is 0 Å². The van der Waals surface area contributed by atoms with Crippen molar-refractivity contribution >= 4 is 22.9 Å². The van der Waals surface area contributed by atoms with Crippen molar-refractivity contribution < 1.29 is 4.79 Å². The van der Waals surface area contributed by atoms with Gasteiger partial charge < -0.3 is 9.80 Å². The normalized spacial score (nSPS) is 14.8. The second-order valence-electron chi connectivity index (χ2n) is 6.32. The van der Waals surface area contributed by atoms with E-state index < -0.39 is 0 Å². The molecule has 4 rings (SSSR count). The lowest BCUT2D eigenvalue weighted by Gasteiger charge is -2.35. The van der Waals surface area contributed by atoms with Crippen molar-refractivity contribution in [2.45, 2.75) is 19.9 Å². The zero-order valence-corrected chi connectivity index (χ0v) is 14.7. The molecule has 134 valence electrons. The van der Waals surface area contributed by atoms with E-state index in [1.807, 2.05) is 30.0 Å². The summed E-state index contributed by atoms with van der Waals surface area (Å²) in [5, 5.41) is 8.60. The van der Waals surface area contributed by atoms with Gasteiger partial charge >= 0.3 is 0 Å². The van der Waals surface area contributed by atoms with E-state index in [2.05, 4.69) is 37.3 Å². The fourth-order valence-corrected chi connectivity index (χ4v) is 3.27. The molecule has 1 saturated heterocycles. The number of fused-ring (bicyclic) bond motifs is 1. The van der Waals surface area contributed by atoms with Gasteiger partial charge in [0.05, 0.1) is 6.54 Å². The average molecular weight is 351 g/mol. The van der Waals surface area contributed by atoms with E-state index in [0.717, 1.165) is 30.1 Å². The van der Waals surface area contributed by atoms with Gasteiger partial charge in [-0.1, -0.05) is 42.5 Å². The van der Waals surface area contributed by atoms with Crippen molar-refractivity contribution in [1.82, 2.24) is 29.9 Å². The predicted octanol–water partition coefficient (Wildman–Crippen LogP) is 1.33. The Morgan fingerprint density at radius 3 is 2.58 bits per heavy atom. The lowest BCUT2D eigenvalue weighted by atomic mass is 10.2. The van der Waals surface area contributed by atoms with Crippen LogP contribution in [0.4, 0.5) is 5.82 Å². The number of anilines is 1. The number of nitrogens with zero attached hydrogens (tertiary/aromatic N) is 7. The summed E-state index contributed by atoms with van der Waals surface area (Å²) in [5.41, 5.74) is 2.58. The third-order valence-corrected chi connectivity index (χ3v) is 4.69. The first-order valence-electron chi connectivity index (χ1n) is 8.87. The van der Waals surface area contributed by atoms with Crippen LogP contribution in [-0.4, -0.2) is 61.9 Å². The minimum atomic E-state index is 0.200. The van der Waals surface area contributed by atoms with Crippen molar-refractivity contribution in [2.75, 3.05) is 31.1 Å². The standard InChI is InChI=1S/C18H21N7O/c1-2-15(26)23-8-10-24(11-9-23)17-16-18(20-13-19-17)25(22-21-16)12-14-6-4-3-5-7-14/h3-7,13H,2,8-12H2,1H3. The molecule has 0 atom stereocenters. The number of hydrogen-bond acceptors (Lipinski definition) is 6. The van der Waals surface area contributed by atoms with E-state index in [1.54, 1.807) is 11.0 Å². The molecule has 2 aromatic heterocycles. The molecule has 1 aromatic carbocycles. The maximum absolute atomic E-state index is 11.9. The molecule has 1 fully saturated rings. The molecule has 8 heteroatoms. The Morgan fingerprint density at radius 2 is 1.85 bits per heavy atom. The molecule has 0 N–H and O–H groups in total. The largest absolute Gasteiger partial charge is 0.351 e. The maximum Gasteiger partial charge on any atom is 0.222 e. The quantitative estimate of drug-likeness (QED) is 0.705. The number of benzene rings is 1. The molecule has 0 saturated carbocycles. The van der Waals surface area contributed by atoms with Crippen LogP contribution in [0, 0.1) is 0 Å². The van der Waals surface area contributed by atoms with E-state index in [-0.39, 0.29) is 5.91 Å². The van der Waals surface area contributed by atoms with Crippen LogP contribution < -0.4 is 4.90 Å². The topological polar surface area (TPSA) is 80.0 Å². The molecule has 3 aromatic rings. The van der Waals surface area contributed by atoms with Gasteiger partial charge in [-0.25, -0.2) is 14.6 Å². The van der Waals surface area contributed by atoms with Gasteiger partial charge in [0.2, 0.25) is 5.91 Å². The molecular formula is C18H21N7O. The fraction of sp³-hybridized carbons (Fsp3) is 0.389. The second kappa shape index (κ2) is 7.07. The van der Waals surface area contributed by atoms with Gasteiger partial charge in [0, 0.05) is 32.6 Å². The van der Waals surface area contributed by atoms with Crippen LogP contribution in [0.25, 0.3) is 11.2 Å². The molecule has 26 heavy (non-hydrogen) atoms. The van der Waals surface area contributed by atoms with Crippen LogP contribution in [0.1, 0.15) is 18.9 Å². The lowest BCUT2D eigenvalue weighted by molar-refractivity contribution is -0.131. The highest BCUT2D eigenvalue weighted by Crippen LogP contribution is 2.22.